The second-order valence-corrected chi connectivity index (χ2v) is 6.49. The van der Waals surface area contributed by atoms with E-state index in [-0.39, 0.29) is 11.3 Å². The molecule has 0 aliphatic heterocycles. The molecule has 4 rings (SSSR count). The smallest absolute Gasteiger partial charge is 0.234 e. The number of hydrogen-bond donors (Lipinski definition) is 1. The quantitative estimate of drug-likeness (QED) is 0.875. The number of rotatable bonds is 3. The Morgan fingerprint density at radius 2 is 1.58 bits per heavy atom. The highest BCUT2D eigenvalue weighted by molar-refractivity contribution is 6.52. The van der Waals surface area contributed by atoms with Gasteiger partial charge < -0.3 is 5.11 Å². The van der Waals surface area contributed by atoms with Crippen LogP contribution in [-0.4, -0.2) is 16.7 Å². The fraction of sp³-hybridized carbons (Fsp3) is 0.238. The van der Waals surface area contributed by atoms with Crippen LogP contribution in [0.15, 0.2) is 48.0 Å². The van der Waals surface area contributed by atoms with Gasteiger partial charge in [-0.2, -0.15) is 0 Å². The second-order valence-electron chi connectivity index (χ2n) is 6.49. The standard InChI is InChI=1S/C21H18O3/c22-19-16-6-1-2-7-17(16)20(23)21(24)18(19)11-9-13-8-10-14-4-3-5-15(14)12-13/h1-2,6-8,10,12,22H,3-5,9,11H2. The van der Waals surface area contributed by atoms with Crippen molar-refractivity contribution in [3.05, 3.63) is 75.9 Å². The molecular weight excluding hydrogens is 300 g/mol. The number of Topliss-reactive ketones (excluding diaryl/α,β-unsaturated/α-hetero) is 2. The molecule has 0 saturated heterocycles. The molecule has 120 valence electrons. The van der Waals surface area contributed by atoms with Crippen LogP contribution in [0, 0.1) is 0 Å². The van der Waals surface area contributed by atoms with Crippen LogP contribution in [0.25, 0.3) is 5.76 Å². The maximum Gasteiger partial charge on any atom is 0.234 e. The van der Waals surface area contributed by atoms with Gasteiger partial charge >= 0.3 is 0 Å². The van der Waals surface area contributed by atoms with E-state index in [2.05, 4.69) is 18.2 Å². The summed E-state index contributed by atoms with van der Waals surface area (Å²) in [5, 5.41) is 10.4. The first-order valence-corrected chi connectivity index (χ1v) is 8.36. The van der Waals surface area contributed by atoms with E-state index in [1.807, 2.05) is 0 Å². The summed E-state index contributed by atoms with van der Waals surface area (Å²) in [5.74, 6) is -1.14. The van der Waals surface area contributed by atoms with Crippen LogP contribution in [0.1, 0.15) is 45.5 Å². The van der Waals surface area contributed by atoms with Crippen molar-refractivity contribution < 1.29 is 14.7 Å². The summed E-state index contributed by atoms with van der Waals surface area (Å²) in [6.45, 7) is 0. The van der Waals surface area contributed by atoms with Gasteiger partial charge in [-0.25, -0.2) is 0 Å². The van der Waals surface area contributed by atoms with Crippen molar-refractivity contribution in [3.63, 3.8) is 0 Å². The van der Waals surface area contributed by atoms with Crippen LogP contribution in [0.5, 0.6) is 0 Å². The summed E-state index contributed by atoms with van der Waals surface area (Å²) in [4.78, 5) is 24.6. The molecule has 2 aliphatic carbocycles. The van der Waals surface area contributed by atoms with Crippen molar-refractivity contribution in [2.45, 2.75) is 32.1 Å². The Morgan fingerprint density at radius 3 is 2.42 bits per heavy atom. The number of allylic oxidation sites excluding steroid dienone is 1. The molecule has 2 aromatic carbocycles. The zero-order valence-corrected chi connectivity index (χ0v) is 13.3. The third kappa shape index (κ3) is 2.37. The summed E-state index contributed by atoms with van der Waals surface area (Å²) in [6, 6.07) is 13.2. The SMILES string of the molecule is O=C1C(=O)c2ccccc2C(O)=C1CCc1ccc2c(c1)CCC2. The third-order valence-electron chi connectivity index (χ3n) is 5.02. The number of aliphatic hydroxyl groups excluding tert-OH is 1. The van der Waals surface area contributed by atoms with Crippen molar-refractivity contribution in [2.24, 2.45) is 0 Å². The van der Waals surface area contributed by atoms with Crippen LogP contribution in [0.2, 0.25) is 0 Å². The molecule has 3 heteroatoms. The Labute approximate surface area is 140 Å². The van der Waals surface area contributed by atoms with Gasteiger partial charge in [0.15, 0.2) is 0 Å². The number of benzene rings is 2. The number of hydrogen-bond acceptors (Lipinski definition) is 3. The minimum Gasteiger partial charge on any atom is -0.507 e. The molecule has 0 fully saturated rings. The molecular formula is C21H18O3. The zero-order valence-electron chi connectivity index (χ0n) is 13.3. The summed E-state index contributed by atoms with van der Waals surface area (Å²) in [6.07, 6.45) is 4.49. The molecule has 24 heavy (non-hydrogen) atoms. The topological polar surface area (TPSA) is 54.4 Å². The fourth-order valence-corrected chi connectivity index (χ4v) is 3.70. The van der Waals surface area contributed by atoms with Crippen molar-refractivity contribution >= 4 is 17.3 Å². The maximum absolute atomic E-state index is 12.3. The van der Waals surface area contributed by atoms with E-state index in [1.54, 1.807) is 24.3 Å². The minimum absolute atomic E-state index is 0.0450. The summed E-state index contributed by atoms with van der Waals surface area (Å²) in [7, 11) is 0. The van der Waals surface area contributed by atoms with Crippen molar-refractivity contribution in [2.75, 3.05) is 0 Å². The molecule has 0 heterocycles. The molecule has 0 bridgehead atoms. The lowest BCUT2D eigenvalue weighted by atomic mass is 9.86. The first-order valence-electron chi connectivity index (χ1n) is 8.36. The molecule has 2 aromatic rings. The van der Waals surface area contributed by atoms with Gasteiger partial charge in [0.05, 0.1) is 0 Å². The van der Waals surface area contributed by atoms with Crippen molar-refractivity contribution in [1.82, 2.24) is 0 Å². The first kappa shape index (κ1) is 14.9. The minimum atomic E-state index is -0.577. The summed E-state index contributed by atoms with van der Waals surface area (Å²) < 4.78 is 0. The Balaban J connectivity index is 1.62. The predicted molar refractivity (Wildman–Crippen MR) is 92.1 cm³/mol. The Morgan fingerprint density at radius 1 is 0.833 bits per heavy atom. The van der Waals surface area contributed by atoms with E-state index in [0.717, 1.165) is 18.4 Å². The van der Waals surface area contributed by atoms with Gasteiger partial charge in [0.2, 0.25) is 11.6 Å². The molecule has 0 aromatic heterocycles. The van der Waals surface area contributed by atoms with Crippen LogP contribution in [-0.2, 0) is 24.1 Å². The maximum atomic E-state index is 12.3. The number of aliphatic hydroxyl groups is 1. The second kappa shape index (κ2) is 5.75. The van der Waals surface area contributed by atoms with Gasteiger partial charge in [0.1, 0.15) is 5.76 Å². The van der Waals surface area contributed by atoms with E-state index in [9.17, 15) is 14.7 Å². The number of aryl methyl sites for hydroxylation is 3. The molecule has 0 saturated carbocycles. The van der Waals surface area contributed by atoms with Crippen LogP contribution in [0.4, 0.5) is 0 Å². The largest absolute Gasteiger partial charge is 0.507 e. The van der Waals surface area contributed by atoms with Crippen LogP contribution >= 0.6 is 0 Å². The molecule has 2 aliphatic rings. The number of ketones is 2. The van der Waals surface area contributed by atoms with Gasteiger partial charge in [-0.1, -0.05) is 42.5 Å². The van der Waals surface area contributed by atoms with Gasteiger partial charge in [-0.3, -0.25) is 9.59 Å². The Kier molecular flexibility index (Phi) is 3.57. The summed E-state index contributed by atoms with van der Waals surface area (Å²) in [5.41, 5.74) is 4.95. The highest BCUT2D eigenvalue weighted by Crippen LogP contribution is 2.30. The average Bonchev–Trinajstić information content (AvgIpc) is 3.07. The van der Waals surface area contributed by atoms with Crippen molar-refractivity contribution in [3.8, 4) is 0 Å². The lowest BCUT2D eigenvalue weighted by Crippen LogP contribution is -2.24. The van der Waals surface area contributed by atoms with E-state index < -0.39 is 11.6 Å². The lowest BCUT2D eigenvalue weighted by molar-refractivity contribution is -0.112. The molecule has 0 spiro atoms. The molecule has 3 nitrogen and oxygen atoms in total. The first-order chi connectivity index (χ1) is 11.6. The van der Waals surface area contributed by atoms with E-state index in [0.29, 0.717) is 24.0 Å². The van der Waals surface area contributed by atoms with Gasteiger partial charge in [0.25, 0.3) is 0 Å². The highest BCUT2D eigenvalue weighted by atomic mass is 16.3. The van der Waals surface area contributed by atoms with Gasteiger partial charge in [-0.15, -0.1) is 0 Å². The Hall–Kier alpha value is -2.68. The molecule has 1 N–H and O–H groups in total. The van der Waals surface area contributed by atoms with Gasteiger partial charge in [-0.05, 0) is 48.8 Å². The van der Waals surface area contributed by atoms with E-state index in [4.69, 9.17) is 0 Å². The van der Waals surface area contributed by atoms with E-state index >= 15 is 0 Å². The average molecular weight is 318 g/mol. The molecule has 0 atom stereocenters. The highest BCUT2D eigenvalue weighted by Gasteiger charge is 2.32. The third-order valence-corrected chi connectivity index (χ3v) is 5.02. The molecule has 0 radical (unpaired) electrons. The zero-order chi connectivity index (χ0) is 16.7. The predicted octanol–water partition coefficient (Wildman–Crippen LogP) is 3.84. The van der Waals surface area contributed by atoms with Crippen LogP contribution < -0.4 is 0 Å². The monoisotopic (exact) mass is 318 g/mol. The van der Waals surface area contributed by atoms with E-state index in [1.165, 1.54) is 17.5 Å². The molecule has 0 unspecified atom stereocenters. The van der Waals surface area contributed by atoms with Gasteiger partial charge in [0, 0.05) is 16.7 Å². The summed E-state index contributed by atoms with van der Waals surface area (Å²) >= 11 is 0. The lowest BCUT2D eigenvalue weighted by Gasteiger charge is -2.17. The van der Waals surface area contributed by atoms with Crippen LogP contribution in [0.3, 0.4) is 0 Å². The number of fused-ring (bicyclic) bond motifs is 2. The van der Waals surface area contributed by atoms with Crippen molar-refractivity contribution in [1.29, 1.82) is 0 Å². The molecule has 0 amide bonds. The Bertz CT molecular complexity index is 890. The number of carbonyl (C=O) groups excluding carboxylic acids is 2. The fourth-order valence-electron chi connectivity index (χ4n) is 3.70. The number of carbonyl (C=O) groups is 2. The normalized spacial score (nSPS) is 16.3.